The molecule has 1 heterocycles. The van der Waals surface area contributed by atoms with Crippen LogP contribution in [0.2, 0.25) is 5.02 Å². The van der Waals surface area contributed by atoms with Crippen molar-refractivity contribution in [3.05, 3.63) is 63.0 Å². The van der Waals surface area contributed by atoms with Gasteiger partial charge in [0.05, 0.1) is 10.7 Å². The fourth-order valence-electron chi connectivity index (χ4n) is 2.79. The third kappa shape index (κ3) is 2.59. The second kappa shape index (κ2) is 5.71. The van der Waals surface area contributed by atoms with E-state index in [1.165, 1.54) is 11.3 Å². The highest BCUT2D eigenvalue weighted by atomic mass is 35.5. The number of hydrogen-bond donors (Lipinski definition) is 1. The van der Waals surface area contributed by atoms with Gasteiger partial charge in [0.2, 0.25) is 0 Å². The summed E-state index contributed by atoms with van der Waals surface area (Å²) in [6.45, 7) is 1.37. The van der Waals surface area contributed by atoms with Gasteiger partial charge in [-0.2, -0.15) is 0 Å². The minimum Gasteiger partial charge on any atom is -0.382 e. The van der Waals surface area contributed by atoms with Crippen LogP contribution in [0.3, 0.4) is 0 Å². The smallest absolute Gasteiger partial charge is 0.250 e. The second-order valence-corrected chi connectivity index (χ2v) is 5.46. The zero-order chi connectivity index (χ0) is 13.9. The summed E-state index contributed by atoms with van der Waals surface area (Å²) in [5.74, 6) is 0. The number of hydrogen-bond acceptors (Lipinski definition) is 2. The second-order valence-electron chi connectivity index (χ2n) is 5.06. The summed E-state index contributed by atoms with van der Waals surface area (Å²) in [5.41, 5.74) is 3.53. The minimum atomic E-state index is 0.0895. The van der Waals surface area contributed by atoms with Crippen molar-refractivity contribution >= 4 is 17.3 Å². The topological polar surface area (TPSA) is 34.0 Å². The molecule has 4 heteroatoms. The first-order valence-electron chi connectivity index (χ1n) is 6.96. The number of benzene rings is 1. The first kappa shape index (κ1) is 13.3. The summed E-state index contributed by atoms with van der Waals surface area (Å²) < 4.78 is 1.90. The Morgan fingerprint density at radius 1 is 1.15 bits per heavy atom. The van der Waals surface area contributed by atoms with E-state index in [9.17, 15) is 4.79 Å². The Balaban J connectivity index is 1.72. The normalized spacial score (nSPS) is 13.2. The summed E-state index contributed by atoms with van der Waals surface area (Å²) in [4.78, 5) is 12.0. The molecule has 1 N–H and O–H groups in total. The van der Waals surface area contributed by atoms with Crippen LogP contribution in [0.4, 0.5) is 5.69 Å². The van der Waals surface area contributed by atoms with E-state index in [4.69, 9.17) is 11.6 Å². The van der Waals surface area contributed by atoms with Gasteiger partial charge in [-0.05, 0) is 37.0 Å². The Labute approximate surface area is 123 Å². The zero-order valence-corrected chi connectivity index (χ0v) is 12.0. The van der Waals surface area contributed by atoms with Crippen LogP contribution in [0.5, 0.6) is 0 Å². The molecule has 0 fully saturated rings. The molecule has 0 saturated heterocycles. The van der Waals surface area contributed by atoms with Crippen molar-refractivity contribution in [2.24, 2.45) is 0 Å². The highest BCUT2D eigenvalue weighted by molar-refractivity contribution is 6.33. The maximum atomic E-state index is 12.0. The Morgan fingerprint density at radius 2 is 2.00 bits per heavy atom. The van der Waals surface area contributed by atoms with Crippen LogP contribution in [-0.4, -0.2) is 11.1 Å². The minimum absolute atomic E-state index is 0.0895. The monoisotopic (exact) mass is 288 g/mol. The van der Waals surface area contributed by atoms with Gasteiger partial charge in [-0.1, -0.05) is 29.8 Å². The van der Waals surface area contributed by atoms with Gasteiger partial charge in [-0.25, -0.2) is 0 Å². The molecule has 0 aliphatic heterocycles. The number of aromatic nitrogens is 1. The molecule has 104 valence electrons. The Bertz CT molecular complexity index is 678. The number of fused-ring (bicyclic) bond motifs is 1. The van der Waals surface area contributed by atoms with Crippen molar-refractivity contribution in [1.29, 1.82) is 0 Å². The molecule has 1 aliphatic carbocycles. The third-order valence-electron chi connectivity index (χ3n) is 3.77. The number of anilines is 1. The maximum Gasteiger partial charge on any atom is 0.250 e. The SMILES string of the molecule is O=c1ccc2c(n1CCNc1ccccc1Cl)CCC2. The Kier molecular flexibility index (Phi) is 3.79. The first-order chi connectivity index (χ1) is 9.75. The van der Waals surface area contributed by atoms with Gasteiger partial charge < -0.3 is 9.88 Å². The molecule has 1 aromatic heterocycles. The molecular weight excluding hydrogens is 272 g/mol. The number of halogens is 1. The largest absolute Gasteiger partial charge is 0.382 e. The summed E-state index contributed by atoms with van der Waals surface area (Å²) in [5, 5.41) is 3.99. The molecule has 1 aromatic carbocycles. The van der Waals surface area contributed by atoms with Gasteiger partial charge in [-0.3, -0.25) is 4.79 Å². The van der Waals surface area contributed by atoms with Crippen LogP contribution in [0, 0.1) is 0 Å². The summed E-state index contributed by atoms with van der Waals surface area (Å²) >= 11 is 6.10. The van der Waals surface area contributed by atoms with Crippen molar-refractivity contribution in [2.45, 2.75) is 25.8 Å². The standard InChI is InChI=1S/C16H17ClN2O/c17-13-5-1-2-6-14(13)18-10-11-19-15-7-3-4-12(15)8-9-16(19)20/h1-2,5-6,8-9,18H,3-4,7,10-11H2. The van der Waals surface area contributed by atoms with Gasteiger partial charge in [-0.15, -0.1) is 0 Å². The van der Waals surface area contributed by atoms with Crippen molar-refractivity contribution in [2.75, 3.05) is 11.9 Å². The number of nitrogens with zero attached hydrogens (tertiary/aromatic N) is 1. The van der Waals surface area contributed by atoms with E-state index in [0.717, 1.165) is 24.9 Å². The van der Waals surface area contributed by atoms with Gasteiger partial charge in [0, 0.05) is 24.8 Å². The number of para-hydroxylation sites is 1. The van der Waals surface area contributed by atoms with Crippen molar-refractivity contribution in [1.82, 2.24) is 4.57 Å². The lowest BCUT2D eigenvalue weighted by Gasteiger charge is -2.13. The quantitative estimate of drug-likeness (QED) is 0.938. The van der Waals surface area contributed by atoms with E-state index < -0.39 is 0 Å². The van der Waals surface area contributed by atoms with Gasteiger partial charge in [0.25, 0.3) is 5.56 Å². The Hall–Kier alpha value is -1.74. The number of pyridine rings is 1. The van der Waals surface area contributed by atoms with Crippen LogP contribution in [0.25, 0.3) is 0 Å². The van der Waals surface area contributed by atoms with Crippen molar-refractivity contribution < 1.29 is 0 Å². The lowest BCUT2D eigenvalue weighted by Crippen LogP contribution is -2.26. The molecule has 0 spiro atoms. The van der Waals surface area contributed by atoms with E-state index in [2.05, 4.69) is 5.32 Å². The molecule has 2 aromatic rings. The van der Waals surface area contributed by atoms with E-state index >= 15 is 0 Å². The predicted molar refractivity (Wildman–Crippen MR) is 82.7 cm³/mol. The van der Waals surface area contributed by atoms with Crippen molar-refractivity contribution in [3.8, 4) is 0 Å². The van der Waals surface area contributed by atoms with Crippen LogP contribution < -0.4 is 10.9 Å². The summed E-state index contributed by atoms with van der Waals surface area (Å²) in [7, 11) is 0. The molecule has 1 aliphatic rings. The Morgan fingerprint density at radius 3 is 2.85 bits per heavy atom. The predicted octanol–water partition coefficient (Wildman–Crippen LogP) is 3.10. The van der Waals surface area contributed by atoms with Crippen LogP contribution >= 0.6 is 11.6 Å². The molecule has 0 saturated carbocycles. The summed E-state index contributed by atoms with van der Waals surface area (Å²) in [6.07, 6.45) is 3.25. The lowest BCUT2D eigenvalue weighted by molar-refractivity contribution is 0.659. The fraction of sp³-hybridized carbons (Fsp3) is 0.312. The third-order valence-corrected chi connectivity index (χ3v) is 4.10. The molecule has 0 amide bonds. The maximum absolute atomic E-state index is 12.0. The first-order valence-corrected chi connectivity index (χ1v) is 7.33. The fourth-order valence-corrected chi connectivity index (χ4v) is 2.99. The summed E-state index contributed by atoms with van der Waals surface area (Å²) in [6, 6.07) is 11.3. The lowest BCUT2D eigenvalue weighted by atomic mass is 10.2. The van der Waals surface area contributed by atoms with E-state index in [0.29, 0.717) is 18.1 Å². The molecule has 20 heavy (non-hydrogen) atoms. The van der Waals surface area contributed by atoms with Crippen molar-refractivity contribution in [3.63, 3.8) is 0 Å². The van der Waals surface area contributed by atoms with Gasteiger partial charge in [0.15, 0.2) is 0 Å². The average Bonchev–Trinajstić information content (AvgIpc) is 2.92. The number of nitrogens with one attached hydrogen (secondary N) is 1. The van der Waals surface area contributed by atoms with Gasteiger partial charge in [0.1, 0.15) is 0 Å². The van der Waals surface area contributed by atoms with Gasteiger partial charge >= 0.3 is 0 Å². The highest BCUT2D eigenvalue weighted by Crippen LogP contribution is 2.21. The molecule has 0 atom stereocenters. The molecule has 0 radical (unpaired) electrons. The number of aryl methyl sites for hydroxylation is 1. The van der Waals surface area contributed by atoms with Crippen LogP contribution in [0.1, 0.15) is 17.7 Å². The van der Waals surface area contributed by atoms with E-state index in [1.54, 1.807) is 6.07 Å². The zero-order valence-electron chi connectivity index (χ0n) is 11.2. The van der Waals surface area contributed by atoms with Crippen LogP contribution in [0.15, 0.2) is 41.2 Å². The molecule has 0 bridgehead atoms. The highest BCUT2D eigenvalue weighted by Gasteiger charge is 2.15. The molecule has 3 rings (SSSR count). The molecule has 0 unspecified atom stereocenters. The number of rotatable bonds is 4. The van der Waals surface area contributed by atoms with E-state index in [1.807, 2.05) is 34.9 Å². The average molecular weight is 289 g/mol. The molecular formula is C16H17ClN2O. The molecule has 3 nitrogen and oxygen atoms in total. The van der Waals surface area contributed by atoms with E-state index in [-0.39, 0.29) is 5.56 Å². The van der Waals surface area contributed by atoms with Crippen LogP contribution in [-0.2, 0) is 19.4 Å².